The number of hydrogen-bond acceptors (Lipinski definition) is 2. The standard InChI is InChI=1S/C19H18F2N2O2/c1-12-10-15(6-7-17(12)21)23-9-8-16(19(23)25)18(24)22-11-13-2-4-14(20)5-3-13/h2-7,10,16H,8-9,11H2,1H3,(H,22,24)/t16-/m1/s1. The van der Waals surface area contributed by atoms with Crippen molar-refractivity contribution in [3.8, 4) is 0 Å². The van der Waals surface area contributed by atoms with Crippen LogP contribution in [0.4, 0.5) is 14.5 Å². The minimum atomic E-state index is -0.759. The minimum Gasteiger partial charge on any atom is -0.351 e. The van der Waals surface area contributed by atoms with E-state index in [2.05, 4.69) is 5.32 Å². The number of hydrogen-bond donors (Lipinski definition) is 1. The van der Waals surface area contributed by atoms with Crippen molar-refractivity contribution in [1.29, 1.82) is 0 Å². The van der Waals surface area contributed by atoms with Crippen LogP contribution in [0, 0.1) is 24.5 Å². The molecule has 2 aromatic rings. The summed E-state index contributed by atoms with van der Waals surface area (Å²) in [5.41, 5.74) is 1.80. The van der Waals surface area contributed by atoms with Gasteiger partial charge in [-0.05, 0) is 54.8 Å². The van der Waals surface area contributed by atoms with E-state index in [4.69, 9.17) is 0 Å². The number of rotatable bonds is 4. The Morgan fingerprint density at radius 3 is 2.60 bits per heavy atom. The van der Waals surface area contributed by atoms with Crippen molar-refractivity contribution in [1.82, 2.24) is 5.32 Å². The fourth-order valence-corrected chi connectivity index (χ4v) is 2.89. The summed E-state index contributed by atoms with van der Waals surface area (Å²) in [6.07, 6.45) is 0.407. The van der Waals surface area contributed by atoms with Crippen molar-refractivity contribution >= 4 is 17.5 Å². The average Bonchev–Trinajstić information content (AvgIpc) is 2.98. The quantitative estimate of drug-likeness (QED) is 0.867. The van der Waals surface area contributed by atoms with Gasteiger partial charge in [-0.15, -0.1) is 0 Å². The second-order valence-electron chi connectivity index (χ2n) is 6.11. The molecule has 0 saturated carbocycles. The van der Waals surface area contributed by atoms with Gasteiger partial charge in [-0.25, -0.2) is 8.78 Å². The van der Waals surface area contributed by atoms with Crippen molar-refractivity contribution in [2.24, 2.45) is 5.92 Å². The Hall–Kier alpha value is -2.76. The van der Waals surface area contributed by atoms with Crippen molar-refractivity contribution in [3.05, 3.63) is 65.2 Å². The third-order valence-corrected chi connectivity index (χ3v) is 4.36. The minimum absolute atomic E-state index is 0.235. The lowest BCUT2D eigenvalue weighted by molar-refractivity contribution is -0.132. The molecule has 0 radical (unpaired) electrons. The average molecular weight is 344 g/mol. The first-order valence-electron chi connectivity index (χ1n) is 8.05. The molecule has 0 unspecified atom stereocenters. The van der Waals surface area contributed by atoms with Crippen LogP contribution >= 0.6 is 0 Å². The van der Waals surface area contributed by atoms with E-state index in [1.807, 2.05) is 0 Å². The summed E-state index contributed by atoms with van der Waals surface area (Å²) in [6.45, 7) is 2.28. The molecule has 6 heteroatoms. The highest BCUT2D eigenvalue weighted by atomic mass is 19.1. The normalized spacial score (nSPS) is 17.0. The highest BCUT2D eigenvalue weighted by Crippen LogP contribution is 2.27. The van der Waals surface area contributed by atoms with Crippen LogP contribution in [0.5, 0.6) is 0 Å². The van der Waals surface area contributed by atoms with Gasteiger partial charge in [0.15, 0.2) is 0 Å². The molecule has 0 aliphatic carbocycles. The lowest BCUT2D eigenvalue weighted by Crippen LogP contribution is -2.36. The molecule has 1 atom stereocenters. The van der Waals surface area contributed by atoms with Gasteiger partial charge in [0.25, 0.3) is 0 Å². The Morgan fingerprint density at radius 2 is 1.92 bits per heavy atom. The highest BCUT2D eigenvalue weighted by Gasteiger charge is 2.37. The number of halogens is 2. The Morgan fingerprint density at radius 1 is 1.20 bits per heavy atom. The van der Waals surface area contributed by atoms with E-state index in [1.165, 1.54) is 23.1 Å². The number of benzene rings is 2. The van der Waals surface area contributed by atoms with Crippen molar-refractivity contribution in [2.75, 3.05) is 11.4 Å². The summed E-state index contributed by atoms with van der Waals surface area (Å²) < 4.78 is 26.3. The molecule has 25 heavy (non-hydrogen) atoms. The van der Waals surface area contributed by atoms with Crippen LogP contribution < -0.4 is 10.2 Å². The third kappa shape index (κ3) is 3.68. The number of aryl methyl sites for hydroxylation is 1. The van der Waals surface area contributed by atoms with E-state index in [0.29, 0.717) is 24.2 Å². The molecular formula is C19H18F2N2O2. The van der Waals surface area contributed by atoms with Crippen molar-refractivity contribution in [2.45, 2.75) is 19.9 Å². The summed E-state index contributed by atoms with van der Waals surface area (Å²) in [5.74, 6) is -2.07. The molecule has 0 spiro atoms. The van der Waals surface area contributed by atoms with E-state index in [0.717, 1.165) is 5.56 Å². The maximum atomic E-state index is 13.4. The molecule has 1 saturated heterocycles. The first-order valence-corrected chi connectivity index (χ1v) is 8.05. The second-order valence-corrected chi connectivity index (χ2v) is 6.11. The molecule has 2 amide bonds. The van der Waals surface area contributed by atoms with E-state index in [9.17, 15) is 18.4 Å². The van der Waals surface area contributed by atoms with Gasteiger partial charge < -0.3 is 10.2 Å². The van der Waals surface area contributed by atoms with E-state index in [-0.39, 0.29) is 30.0 Å². The van der Waals surface area contributed by atoms with Gasteiger partial charge in [0.1, 0.15) is 17.6 Å². The lowest BCUT2D eigenvalue weighted by atomic mass is 10.1. The molecule has 0 aromatic heterocycles. The maximum Gasteiger partial charge on any atom is 0.239 e. The summed E-state index contributed by atoms with van der Waals surface area (Å²) in [6, 6.07) is 10.3. The van der Waals surface area contributed by atoms with Crippen LogP contribution in [0.1, 0.15) is 17.5 Å². The van der Waals surface area contributed by atoms with Gasteiger partial charge in [0.05, 0.1) is 0 Å². The molecule has 130 valence electrons. The molecule has 4 nitrogen and oxygen atoms in total. The van der Waals surface area contributed by atoms with E-state index >= 15 is 0 Å². The highest BCUT2D eigenvalue weighted by molar-refractivity contribution is 6.09. The fraction of sp³-hybridized carbons (Fsp3) is 0.263. The first-order chi connectivity index (χ1) is 12.0. The summed E-state index contributed by atoms with van der Waals surface area (Å²) >= 11 is 0. The Labute approximate surface area is 144 Å². The zero-order valence-corrected chi connectivity index (χ0v) is 13.8. The molecule has 1 aliphatic heterocycles. The molecule has 1 aliphatic rings. The molecular weight excluding hydrogens is 326 g/mol. The summed E-state index contributed by atoms with van der Waals surface area (Å²) in [7, 11) is 0. The number of amides is 2. The molecule has 0 bridgehead atoms. The number of carbonyl (C=O) groups is 2. The Balaban J connectivity index is 1.63. The largest absolute Gasteiger partial charge is 0.351 e. The zero-order chi connectivity index (χ0) is 18.0. The Kier molecular flexibility index (Phi) is 4.79. The van der Waals surface area contributed by atoms with Crippen LogP contribution in [0.25, 0.3) is 0 Å². The van der Waals surface area contributed by atoms with Crippen molar-refractivity contribution < 1.29 is 18.4 Å². The molecule has 2 aromatic carbocycles. The molecule has 1 heterocycles. The van der Waals surface area contributed by atoms with Crippen LogP contribution in [0.2, 0.25) is 0 Å². The van der Waals surface area contributed by atoms with Crippen molar-refractivity contribution in [3.63, 3.8) is 0 Å². The maximum absolute atomic E-state index is 13.4. The van der Waals surface area contributed by atoms with Gasteiger partial charge in [-0.3, -0.25) is 9.59 Å². The molecule has 3 rings (SSSR count). The summed E-state index contributed by atoms with van der Waals surface area (Å²) in [4.78, 5) is 26.3. The van der Waals surface area contributed by atoms with Gasteiger partial charge in [-0.1, -0.05) is 12.1 Å². The fourth-order valence-electron chi connectivity index (χ4n) is 2.89. The van der Waals surface area contributed by atoms with Crippen LogP contribution in [-0.4, -0.2) is 18.4 Å². The zero-order valence-electron chi connectivity index (χ0n) is 13.8. The lowest BCUT2D eigenvalue weighted by Gasteiger charge is -2.17. The second kappa shape index (κ2) is 7.01. The Bertz CT molecular complexity index is 806. The third-order valence-electron chi connectivity index (χ3n) is 4.36. The van der Waals surface area contributed by atoms with Crippen LogP contribution in [0.3, 0.4) is 0 Å². The number of nitrogens with zero attached hydrogens (tertiary/aromatic N) is 1. The molecule has 1 fully saturated rings. The van der Waals surface area contributed by atoms with Gasteiger partial charge in [0.2, 0.25) is 11.8 Å². The van der Waals surface area contributed by atoms with Gasteiger partial charge in [0, 0.05) is 18.8 Å². The SMILES string of the molecule is Cc1cc(N2CC[C@H](C(=O)NCc3ccc(F)cc3)C2=O)ccc1F. The number of anilines is 1. The predicted octanol–water partition coefficient (Wildman–Crippen LogP) is 2.94. The first kappa shape index (κ1) is 17.1. The van der Waals surface area contributed by atoms with Crippen LogP contribution in [-0.2, 0) is 16.1 Å². The van der Waals surface area contributed by atoms with Gasteiger partial charge >= 0.3 is 0 Å². The van der Waals surface area contributed by atoms with Gasteiger partial charge in [-0.2, -0.15) is 0 Å². The van der Waals surface area contributed by atoms with Crippen LogP contribution in [0.15, 0.2) is 42.5 Å². The smallest absolute Gasteiger partial charge is 0.239 e. The summed E-state index contributed by atoms with van der Waals surface area (Å²) in [5, 5.41) is 2.71. The monoisotopic (exact) mass is 344 g/mol. The predicted molar refractivity (Wildman–Crippen MR) is 89.8 cm³/mol. The topological polar surface area (TPSA) is 49.4 Å². The molecule has 1 N–H and O–H groups in total. The van der Waals surface area contributed by atoms with E-state index < -0.39 is 5.92 Å². The number of carbonyl (C=O) groups excluding carboxylic acids is 2. The number of nitrogens with one attached hydrogen (secondary N) is 1. The van der Waals surface area contributed by atoms with E-state index in [1.54, 1.807) is 31.2 Å².